The van der Waals surface area contributed by atoms with E-state index in [1.54, 1.807) is 14.2 Å². The van der Waals surface area contributed by atoms with Gasteiger partial charge in [-0.1, -0.05) is 30.3 Å². The van der Waals surface area contributed by atoms with Crippen LogP contribution in [0.2, 0.25) is 0 Å². The molecule has 0 heterocycles. The molecule has 0 saturated carbocycles. The molecule has 2 aromatic carbocycles. The molecule has 2 rings (SSSR count). The van der Waals surface area contributed by atoms with Gasteiger partial charge in [0.15, 0.2) is 6.29 Å². The van der Waals surface area contributed by atoms with Gasteiger partial charge in [0, 0.05) is 32.3 Å². The highest BCUT2D eigenvalue weighted by Crippen LogP contribution is 2.24. The van der Waals surface area contributed by atoms with Gasteiger partial charge in [0.25, 0.3) is 0 Å². The van der Waals surface area contributed by atoms with Crippen LogP contribution in [0.25, 0.3) is 0 Å². The van der Waals surface area contributed by atoms with E-state index < -0.39 is 17.9 Å². The first-order valence-electron chi connectivity index (χ1n) is 6.23. The Labute approximate surface area is 117 Å². The maximum Gasteiger partial charge on any atom is 0.183 e. The average molecular weight is 278 g/mol. The minimum Gasteiger partial charge on any atom is -0.352 e. The molecule has 4 heteroatoms. The minimum absolute atomic E-state index is 0.353. The summed E-state index contributed by atoms with van der Waals surface area (Å²) in [6, 6.07) is 11.1. The zero-order valence-corrected chi connectivity index (χ0v) is 11.4. The third kappa shape index (κ3) is 3.21. The number of halogens is 2. The first-order valence-corrected chi connectivity index (χ1v) is 6.23. The number of ether oxygens (including phenoxy) is 2. The smallest absolute Gasteiger partial charge is 0.183 e. The van der Waals surface area contributed by atoms with E-state index in [4.69, 9.17) is 9.47 Å². The second-order valence-electron chi connectivity index (χ2n) is 4.41. The molecular weight excluding hydrogens is 262 g/mol. The van der Waals surface area contributed by atoms with E-state index >= 15 is 0 Å². The van der Waals surface area contributed by atoms with Crippen LogP contribution in [0.4, 0.5) is 8.78 Å². The van der Waals surface area contributed by atoms with E-state index in [1.807, 2.05) is 24.3 Å². The van der Waals surface area contributed by atoms with Gasteiger partial charge in [-0.15, -0.1) is 0 Å². The van der Waals surface area contributed by atoms with Crippen molar-refractivity contribution in [1.82, 2.24) is 0 Å². The Morgan fingerprint density at radius 1 is 0.950 bits per heavy atom. The van der Waals surface area contributed by atoms with Crippen LogP contribution in [0.3, 0.4) is 0 Å². The van der Waals surface area contributed by atoms with Crippen LogP contribution in [0.15, 0.2) is 42.5 Å². The predicted octanol–water partition coefficient (Wildman–Crippen LogP) is 3.85. The fraction of sp³-hybridized carbons (Fsp3) is 0.250. The molecule has 0 aliphatic rings. The van der Waals surface area contributed by atoms with E-state index in [9.17, 15) is 8.78 Å². The standard InChI is InChI=1S/C16H16F2O2/c1-19-16(20-2)14-6-4-3-5-11(14)9-12-7-8-13(17)10-15(12)18/h3-8,10,16H,9H2,1-2H3. The van der Waals surface area contributed by atoms with E-state index in [1.165, 1.54) is 12.1 Å². The molecule has 106 valence electrons. The Bertz CT molecular complexity index is 580. The quantitative estimate of drug-likeness (QED) is 0.773. The maximum atomic E-state index is 13.7. The van der Waals surface area contributed by atoms with Crippen molar-refractivity contribution in [2.75, 3.05) is 14.2 Å². The summed E-state index contributed by atoms with van der Waals surface area (Å²) in [5.74, 6) is -1.13. The summed E-state index contributed by atoms with van der Waals surface area (Å²) in [6.07, 6.45) is -0.152. The van der Waals surface area contributed by atoms with E-state index in [0.717, 1.165) is 17.2 Å². The number of methoxy groups -OCH3 is 2. The molecule has 0 radical (unpaired) electrons. The number of benzene rings is 2. The molecule has 0 unspecified atom stereocenters. The molecule has 0 aromatic heterocycles. The predicted molar refractivity (Wildman–Crippen MR) is 72.4 cm³/mol. The summed E-state index contributed by atoms with van der Waals surface area (Å²) in [7, 11) is 3.09. The molecule has 20 heavy (non-hydrogen) atoms. The molecule has 0 aliphatic carbocycles. The highest BCUT2D eigenvalue weighted by Gasteiger charge is 2.15. The van der Waals surface area contributed by atoms with Gasteiger partial charge >= 0.3 is 0 Å². The lowest BCUT2D eigenvalue weighted by Crippen LogP contribution is -2.08. The first kappa shape index (κ1) is 14.6. The van der Waals surface area contributed by atoms with Gasteiger partial charge in [0.2, 0.25) is 0 Å². The molecule has 0 spiro atoms. The molecule has 2 aromatic rings. The Hall–Kier alpha value is -1.78. The lowest BCUT2D eigenvalue weighted by atomic mass is 9.99. The van der Waals surface area contributed by atoms with Crippen LogP contribution >= 0.6 is 0 Å². The molecular formula is C16H16F2O2. The van der Waals surface area contributed by atoms with Crippen LogP contribution in [0.5, 0.6) is 0 Å². The minimum atomic E-state index is -0.578. The van der Waals surface area contributed by atoms with Crippen molar-refractivity contribution in [3.63, 3.8) is 0 Å². The third-order valence-electron chi connectivity index (χ3n) is 3.13. The van der Waals surface area contributed by atoms with Crippen molar-refractivity contribution in [3.8, 4) is 0 Å². The van der Waals surface area contributed by atoms with Gasteiger partial charge in [0.1, 0.15) is 11.6 Å². The van der Waals surface area contributed by atoms with Crippen molar-refractivity contribution in [2.45, 2.75) is 12.7 Å². The second kappa shape index (κ2) is 6.59. The Kier molecular flexibility index (Phi) is 4.82. The maximum absolute atomic E-state index is 13.7. The van der Waals surface area contributed by atoms with Gasteiger partial charge in [-0.2, -0.15) is 0 Å². The van der Waals surface area contributed by atoms with Crippen molar-refractivity contribution in [2.24, 2.45) is 0 Å². The van der Waals surface area contributed by atoms with Crippen molar-refractivity contribution in [1.29, 1.82) is 0 Å². The summed E-state index contributed by atoms with van der Waals surface area (Å²) >= 11 is 0. The summed E-state index contributed by atoms with van der Waals surface area (Å²) in [6.45, 7) is 0. The van der Waals surface area contributed by atoms with Crippen molar-refractivity contribution < 1.29 is 18.3 Å². The van der Waals surface area contributed by atoms with Gasteiger partial charge in [0.05, 0.1) is 0 Å². The third-order valence-corrected chi connectivity index (χ3v) is 3.13. The molecule has 0 atom stereocenters. The molecule has 0 aliphatic heterocycles. The van der Waals surface area contributed by atoms with E-state index in [0.29, 0.717) is 12.0 Å². The average Bonchev–Trinajstić information content (AvgIpc) is 2.45. The van der Waals surface area contributed by atoms with Crippen molar-refractivity contribution in [3.05, 3.63) is 70.8 Å². The monoisotopic (exact) mass is 278 g/mol. The first-order chi connectivity index (χ1) is 9.65. The van der Waals surface area contributed by atoms with Gasteiger partial charge in [-0.25, -0.2) is 8.78 Å². The SMILES string of the molecule is COC(OC)c1ccccc1Cc1ccc(F)cc1F. The lowest BCUT2D eigenvalue weighted by Gasteiger charge is -2.17. The molecule has 2 nitrogen and oxygen atoms in total. The number of rotatable bonds is 5. The van der Waals surface area contributed by atoms with E-state index in [-0.39, 0.29) is 0 Å². The molecule has 0 bridgehead atoms. The van der Waals surface area contributed by atoms with Gasteiger partial charge < -0.3 is 9.47 Å². The summed E-state index contributed by atoms with van der Waals surface area (Å²) in [4.78, 5) is 0. The Morgan fingerprint density at radius 2 is 1.65 bits per heavy atom. The normalized spacial score (nSPS) is 11.1. The number of hydrogen-bond acceptors (Lipinski definition) is 2. The van der Waals surface area contributed by atoms with Crippen LogP contribution in [0, 0.1) is 11.6 Å². The highest BCUT2D eigenvalue weighted by molar-refractivity contribution is 5.34. The zero-order chi connectivity index (χ0) is 14.5. The highest BCUT2D eigenvalue weighted by atomic mass is 19.1. The van der Waals surface area contributed by atoms with Gasteiger partial charge in [-0.3, -0.25) is 0 Å². The summed E-state index contributed by atoms with van der Waals surface area (Å²) < 4.78 is 37.1. The van der Waals surface area contributed by atoms with Crippen LogP contribution in [-0.4, -0.2) is 14.2 Å². The van der Waals surface area contributed by atoms with E-state index in [2.05, 4.69) is 0 Å². The van der Waals surface area contributed by atoms with Crippen molar-refractivity contribution >= 4 is 0 Å². The summed E-state index contributed by atoms with van der Waals surface area (Å²) in [5, 5.41) is 0. The Balaban J connectivity index is 2.33. The molecule has 0 saturated heterocycles. The molecule has 0 amide bonds. The van der Waals surface area contributed by atoms with Crippen LogP contribution < -0.4 is 0 Å². The molecule has 0 N–H and O–H groups in total. The fourth-order valence-corrected chi connectivity index (χ4v) is 2.15. The fourth-order valence-electron chi connectivity index (χ4n) is 2.15. The second-order valence-corrected chi connectivity index (χ2v) is 4.41. The zero-order valence-electron chi connectivity index (χ0n) is 11.4. The molecule has 0 fully saturated rings. The number of hydrogen-bond donors (Lipinski definition) is 0. The lowest BCUT2D eigenvalue weighted by molar-refractivity contribution is -0.106. The van der Waals surface area contributed by atoms with Crippen LogP contribution in [0.1, 0.15) is 23.0 Å². The van der Waals surface area contributed by atoms with Crippen LogP contribution in [-0.2, 0) is 15.9 Å². The topological polar surface area (TPSA) is 18.5 Å². The largest absolute Gasteiger partial charge is 0.352 e. The Morgan fingerprint density at radius 3 is 2.30 bits per heavy atom. The van der Waals surface area contributed by atoms with Gasteiger partial charge in [-0.05, 0) is 17.2 Å². The summed E-state index contributed by atoms with van der Waals surface area (Å²) in [5.41, 5.74) is 2.15.